The lowest BCUT2D eigenvalue weighted by Crippen LogP contribution is -2.38. The number of H-pyrrole nitrogens is 1. The first-order valence-corrected chi connectivity index (χ1v) is 8.43. The first-order valence-electron chi connectivity index (χ1n) is 8.43. The zero-order valence-electron chi connectivity index (χ0n) is 15.0. The third-order valence-electron chi connectivity index (χ3n) is 4.08. The van der Waals surface area contributed by atoms with Crippen LogP contribution in [0.2, 0.25) is 0 Å². The van der Waals surface area contributed by atoms with E-state index in [-0.39, 0.29) is 6.04 Å². The van der Waals surface area contributed by atoms with Crippen molar-refractivity contribution in [1.29, 1.82) is 0 Å². The number of aromatic nitrogens is 3. The van der Waals surface area contributed by atoms with Gasteiger partial charge in [-0.25, -0.2) is 13.8 Å². The summed E-state index contributed by atoms with van der Waals surface area (Å²) in [4.78, 5) is 8.30. The third kappa shape index (κ3) is 4.66. The summed E-state index contributed by atoms with van der Waals surface area (Å²) in [5.41, 5.74) is 2.32. The molecule has 1 aromatic heterocycles. The Morgan fingerprint density at radius 3 is 2.78 bits per heavy atom. The standard InChI is InChI=1S/C19H20F2N6/c1-12(16-7-6-15(20)9-17(16)21)26-19(22-2)23-10-13-4-3-5-14(8-13)18-24-11-25-27-18/h3-9,11-12H,10H2,1-2H3,(H2,22,23,26)(H,24,25,27). The van der Waals surface area contributed by atoms with Crippen LogP contribution in [0.4, 0.5) is 8.78 Å². The lowest BCUT2D eigenvalue weighted by atomic mass is 10.1. The van der Waals surface area contributed by atoms with Gasteiger partial charge in [0.05, 0.1) is 6.04 Å². The maximum absolute atomic E-state index is 13.9. The van der Waals surface area contributed by atoms with Gasteiger partial charge in [0.15, 0.2) is 11.8 Å². The molecule has 1 heterocycles. The van der Waals surface area contributed by atoms with Gasteiger partial charge >= 0.3 is 0 Å². The van der Waals surface area contributed by atoms with Gasteiger partial charge in [0.1, 0.15) is 18.0 Å². The molecule has 0 saturated carbocycles. The largest absolute Gasteiger partial charge is 0.352 e. The van der Waals surface area contributed by atoms with Crippen molar-refractivity contribution >= 4 is 5.96 Å². The van der Waals surface area contributed by atoms with Crippen LogP contribution in [0.3, 0.4) is 0 Å². The van der Waals surface area contributed by atoms with E-state index in [1.165, 1.54) is 18.5 Å². The molecule has 1 unspecified atom stereocenters. The van der Waals surface area contributed by atoms with E-state index in [1.807, 2.05) is 24.3 Å². The zero-order chi connectivity index (χ0) is 19.2. The molecule has 0 aliphatic heterocycles. The van der Waals surface area contributed by atoms with Gasteiger partial charge in [-0.05, 0) is 24.6 Å². The minimum Gasteiger partial charge on any atom is -0.352 e. The molecule has 0 aliphatic rings. The van der Waals surface area contributed by atoms with E-state index in [0.29, 0.717) is 23.9 Å². The van der Waals surface area contributed by atoms with Crippen LogP contribution in [0, 0.1) is 11.6 Å². The fourth-order valence-corrected chi connectivity index (χ4v) is 2.69. The van der Waals surface area contributed by atoms with Crippen molar-refractivity contribution in [2.75, 3.05) is 7.05 Å². The average Bonchev–Trinajstić information content (AvgIpc) is 3.20. The molecule has 0 bridgehead atoms. The summed E-state index contributed by atoms with van der Waals surface area (Å²) < 4.78 is 27.0. The van der Waals surface area contributed by atoms with Gasteiger partial charge in [0.25, 0.3) is 0 Å². The number of aromatic amines is 1. The first-order chi connectivity index (χ1) is 13.1. The molecule has 140 valence electrons. The van der Waals surface area contributed by atoms with Gasteiger partial charge in [-0.2, -0.15) is 5.10 Å². The maximum atomic E-state index is 13.9. The number of nitrogens with zero attached hydrogens (tertiary/aromatic N) is 3. The molecular weight excluding hydrogens is 350 g/mol. The maximum Gasteiger partial charge on any atom is 0.191 e. The summed E-state index contributed by atoms with van der Waals surface area (Å²) in [6.45, 7) is 2.30. The lowest BCUT2D eigenvalue weighted by Gasteiger charge is -2.19. The molecule has 3 aromatic rings. The molecule has 1 atom stereocenters. The Morgan fingerprint density at radius 2 is 2.07 bits per heavy atom. The second-order valence-corrected chi connectivity index (χ2v) is 5.99. The molecule has 27 heavy (non-hydrogen) atoms. The molecule has 2 aromatic carbocycles. The van der Waals surface area contributed by atoms with Crippen molar-refractivity contribution in [3.05, 3.63) is 71.6 Å². The minimum absolute atomic E-state index is 0.367. The predicted octanol–water partition coefficient (Wildman–Crippen LogP) is 3.18. The molecule has 0 radical (unpaired) electrons. The summed E-state index contributed by atoms with van der Waals surface area (Å²) in [7, 11) is 1.63. The monoisotopic (exact) mass is 370 g/mol. The Hall–Kier alpha value is -3.29. The van der Waals surface area contributed by atoms with E-state index in [1.54, 1.807) is 14.0 Å². The Labute approximate surface area is 155 Å². The Bertz CT molecular complexity index is 924. The van der Waals surface area contributed by atoms with Crippen molar-refractivity contribution in [3.8, 4) is 11.4 Å². The number of rotatable bonds is 5. The second-order valence-electron chi connectivity index (χ2n) is 5.99. The molecule has 0 spiro atoms. The minimum atomic E-state index is -0.599. The Morgan fingerprint density at radius 1 is 1.22 bits per heavy atom. The fourth-order valence-electron chi connectivity index (χ4n) is 2.69. The van der Waals surface area contributed by atoms with E-state index in [2.05, 4.69) is 30.8 Å². The second kappa shape index (κ2) is 8.39. The quantitative estimate of drug-likeness (QED) is 0.476. The summed E-state index contributed by atoms with van der Waals surface area (Å²) >= 11 is 0. The highest BCUT2D eigenvalue weighted by atomic mass is 19.1. The third-order valence-corrected chi connectivity index (χ3v) is 4.08. The van der Waals surface area contributed by atoms with Crippen molar-refractivity contribution < 1.29 is 8.78 Å². The normalized spacial score (nSPS) is 12.7. The fraction of sp³-hybridized carbons (Fsp3) is 0.211. The Kier molecular flexibility index (Phi) is 5.75. The SMILES string of the molecule is CN=C(NCc1cccc(-c2ncn[nH]2)c1)NC(C)c1ccc(F)cc1F. The first kappa shape index (κ1) is 18.5. The molecule has 3 N–H and O–H groups in total. The molecule has 3 rings (SSSR count). The Balaban J connectivity index is 1.63. The molecule has 0 aliphatic carbocycles. The predicted molar refractivity (Wildman–Crippen MR) is 99.9 cm³/mol. The van der Waals surface area contributed by atoms with Crippen LogP contribution in [-0.4, -0.2) is 28.2 Å². The van der Waals surface area contributed by atoms with Crippen LogP contribution in [0.5, 0.6) is 0 Å². The van der Waals surface area contributed by atoms with E-state index in [9.17, 15) is 8.78 Å². The summed E-state index contributed by atoms with van der Waals surface area (Å²) in [6, 6.07) is 11.0. The van der Waals surface area contributed by atoms with Crippen molar-refractivity contribution in [2.24, 2.45) is 4.99 Å². The van der Waals surface area contributed by atoms with E-state index < -0.39 is 11.6 Å². The number of nitrogens with one attached hydrogen (secondary N) is 3. The van der Waals surface area contributed by atoms with Crippen LogP contribution in [0.1, 0.15) is 24.1 Å². The highest BCUT2D eigenvalue weighted by Gasteiger charge is 2.13. The smallest absolute Gasteiger partial charge is 0.191 e. The highest BCUT2D eigenvalue weighted by Crippen LogP contribution is 2.18. The van der Waals surface area contributed by atoms with E-state index in [0.717, 1.165) is 17.2 Å². The van der Waals surface area contributed by atoms with Crippen LogP contribution in [-0.2, 0) is 6.54 Å². The number of aliphatic imine (C=N–C) groups is 1. The van der Waals surface area contributed by atoms with Crippen molar-refractivity contribution in [2.45, 2.75) is 19.5 Å². The van der Waals surface area contributed by atoms with Gasteiger partial charge in [0, 0.05) is 30.8 Å². The van der Waals surface area contributed by atoms with Crippen LogP contribution >= 0.6 is 0 Å². The van der Waals surface area contributed by atoms with Crippen LogP contribution < -0.4 is 10.6 Å². The molecule has 0 saturated heterocycles. The van der Waals surface area contributed by atoms with Crippen LogP contribution in [0.25, 0.3) is 11.4 Å². The van der Waals surface area contributed by atoms with E-state index in [4.69, 9.17) is 0 Å². The molecule has 0 fully saturated rings. The molecule has 8 heteroatoms. The molecule has 6 nitrogen and oxygen atoms in total. The summed E-state index contributed by atoms with van der Waals surface area (Å²) in [5, 5.41) is 13.0. The molecular formula is C19H20F2N6. The van der Waals surface area contributed by atoms with Gasteiger partial charge in [-0.1, -0.05) is 24.3 Å². The topological polar surface area (TPSA) is 78.0 Å². The van der Waals surface area contributed by atoms with Gasteiger partial charge in [-0.15, -0.1) is 0 Å². The summed E-state index contributed by atoms with van der Waals surface area (Å²) in [6.07, 6.45) is 1.46. The number of halogens is 2. The highest BCUT2D eigenvalue weighted by molar-refractivity contribution is 5.80. The number of benzene rings is 2. The lowest BCUT2D eigenvalue weighted by molar-refractivity contribution is 0.551. The van der Waals surface area contributed by atoms with Gasteiger partial charge < -0.3 is 10.6 Å². The van der Waals surface area contributed by atoms with Crippen molar-refractivity contribution in [3.63, 3.8) is 0 Å². The van der Waals surface area contributed by atoms with Gasteiger partial charge in [0.2, 0.25) is 0 Å². The van der Waals surface area contributed by atoms with Crippen LogP contribution in [0.15, 0.2) is 53.8 Å². The summed E-state index contributed by atoms with van der Waals surface area (Å²) in [5.74, 6) is 0.0128. The zero-order valence-corrected chi connectivity index (χ0v) is 15.0. The van der Waals surface area contributed by atoms with Gasteiger partial charge in [-0.3, -0.25) is 10.1 Å². The number of guanidine groups is 1. The van der Waals surface area contributed by atoms with E-state index >= 15 is 0 Å². The number of hydrogen-bond donors (Lipinski definition) is 3. The number of hydrogen-bond acceptors (Lipinski definition) is 3. The average molecular weight is 370 g/mol. The molecule has 0 amide bonds. The van der Waals surface area contributed by atoms with Crippen molar-refractivity contribution in [1.82, 2.24) is 25.8 Å².